The number of amides is 1. The second-order valence-electron chi connectivity index (χ2n) is 4.17. The second-order valence-corrected chi connectivity index (χ2v) is 4.61. The zero-order valence-corrected chi connectivity index (χ0v) is 11.4. The van der Waals surface area contributed by atoms with Gasteiger partial charge < -0.3 is 15.5 Å². The van der Waals surface area contributed by atoms with Crippen LogP contribution in [-0.4, -0.2) is 43.5 Å². The Bertz CT molecular complexity index is 476. The van der Waals surface area contributed by atoms with Crippen LogP contribution in [0.15, 0.2) is 18.2 Å². The molecule has 0 radical (unpaired) electrons. The Morgan fingerprint density at radius 2 is 2.00 bits per heavy atom. The van der Waals surface area contributed by atoms with Crippen LogP contribution >= 0.6 is 12.2 Å². The van der Waals surface area contributed by atoms with Crippen molar-refractivity contribution in [2.75, 3.05) is 32.6 Å². The van der Waals surface area contributed by atoms with E-state index in [-0.39, 0.29) is 17.4 Å². The molecule has 1 rings (SSSR count). The lowest BCUT2D eigenvalue weighted by Gasteiger charge is -2.23. The average Bonchev–Trinajstić information content (AvgIpc) is 2.28. The molecular formula is C12H16FN3OS. The number of carbonyl (C=O) groups excluding carboxylic acids is 1. The van der Waals surface area contributed by atoms with Crippen LogP contribution in [0.5, 0.6) is 0 Å². The topological polar surface area (TPSA) is 49.6 Å². The molecular weight excluding hydrogens is 253 g/mol. The van der Waals surface area contributed by atoms with Crippen LogP contribution < -0.4 is 10.6 Å². The number of thiocarbonyl (C=S) groups is 1. The zero-order chi connectivity index (χ0) is 13.9. The van der Waals surface area contributed by atoms with Crippen LogP contribution in [0.2, 0.25) is 0 Å². The highest BCUT2D eigenvalue weighted by Gasteiger charge is 2.14. The molecule has 2 N–H and O–H groups in total. The molecule has 0 fully saturated rings. The minimum Gasteiger partial charge on any atom is -0.389 e. The Balaban J connectivity index is 3.02. The molecule has 0 bridgehead atoms. The summed E-state index contributed by atoms with van der Waals surface area (Å²) in [5, 5.41) is 0. The molecule has 0 spiro atoms. The molecule has 1 aromatic rings. The molecule has 0 aliphatic carbocycles. The standard InChI is InChI=1S/C12H16FN3OS/c1-15(2)11(17)7-16(3)10-5-4-8(13)6-9(10)12(14)18/h4-6H,7H2,1-3H3,(H2,14,18). The van der Waals surface area contributed by atoms with Crippen LogP contribution in [0.1, 0.15) is 5.56 Å². The smallest absolute Gasteiger partial charge is 0.241 e. The number of nitrogens with two attached hydrogens (primary N) is 1. The molecule has 0 aliphatic heterocycles. The van der Waals surface area contributed by atoms with Crippen molar-refractivity contribution >= 4 is 28.8 Å². The van der Waals surface area contributed by atoms with E-state index in [9.17, 15) is 9.18 Å². The Labute approximate surface area is 111 Å². The number of nitrogens with zero attached hydrogens (tertiary/aromatic N) is 2. The third kappa shape index (κ3) is 3.40. The van der Waals surface area contributed by atoms with E-state index in [1.807, 2.05) is 0 Å². The fourth-order valence-electron chi connectivity index (χ4n) is 1.47. The van der Waals surface area contributed by atoms with Crippen LogP contribution in [0.4, 0.5) is 10.1 Å². The van der Waals surface area contributed by atoms with E-state index >= 15 is 0 Å². The number of rotatable bonds is 4. The van der Waals surface area contributed by atoms with Crippen molar-refractivity contribution in [2.45, 2.75) is 0 Å². The molecule has 0 unspecified atom stereocenters. The van der Waals surface area contributed by atoms with Gasteiger partial charge >= 0.3 is 0 Å². The van der Waals surface area contributed by atoms with Crippen LogP contribution in [0.25, 0.3) is 0 Å². The highest BCUT2D eigenvalue weighted by molar-refractivity contribution is 7.80. The van der Waals surface area contributed by atoms with Gasteiger partial charge in [0.15, 0.2) is 0 Å². The van der Waals surface area contributed by atoms with Gasteiger partial charge in [0.25, 0.3) is 0 Å². The van der Waals surface area contributed by atoms with E-state index in [0.29, 0.717) is 11.3 Å². The third-order valence-corrected chi connectivity index (χ3v) is 2.73. The number of hydrogen-bond acceptors (Lipinski definition) is 3. The van der Waals surface area contributed by atoms with E-state index in [1.54, 1.807) is 32.1 Å². The quantitative estimate of drug-likeness (QED) is 0.828. The molecule has 0 atom stereocenters. The number of carbonyl (C=O) groups is 1. The van der Waals surface area contributed by atoms with Crippen LogP contribution in [0.3, 0.4) is 0 Å². The Morgan fingerprint density at radius 3 is 2.50 bits per heavy atom. The van der Waals surface area contributed by atoms with Crippen molar-refractivity contribution in [1.82, 2.24) is 4.90 Å². The molecule has 4 nitrogen and oxygen atoms in total. The van der Waals surface area contributed by atoms with E-state index in [4.69, 9.17) is 18.0 Å². The monoisotopic (exact) mass is 269 g/mol. The van der Waals surface area contributed by atoms with Gasteiger partial charge in [0.2, 0.25) is 5.91 Å². The van der Waals surface area contributed by atoms with Crippen molar-refractivity contribution in [1.29, 1.82) is 0 Å². The fourth-order valence-corrected chi connectivity index (χ4v) is 1.63. The van der Waals surface area contributed by atoms with Gasteiger partial charge in [0.1, 0.15) is 10.8 Å². The summed E-state index contributed by atoms with van der Waals surface area (Å²) in [6, 6.07) is 4.15. The van der Waals surface area contributed by atoms with Crippen molar-refractivity contribution in [3.63, 3.8) is 0 Å². The molecule has 6 heteroatoms. The maximum atomic E-state index is 13.2. The first-order valence-electron chi connectivity index (χ1n) is 5.33. The number of halogens is 1. The van der Waals surface area contributed by atoms with Gasteiger partial charge in [-0.15, -0.1) is 0 Å². The summed E-state index contributed by atoms with van der Waals surface area (Å²) >= 11 is 4.88. The summed E-state index contributed by atoms with van der Waals surface area (Å²) in [6.07, 6.45) is 0. The molecule has 1 amide bonds. The summed E-state index contributed by atoms with van der Waals surface area (Å²) in [7, 11) is 5.08. The predicted molar refractivity (Wildman–Crippen MR) is 74.3 cm³/mol. The minimum absolute atomic E-state index is 0.0595. The van der Waals surface area contributed by atoms with Gasteiger partial charge in [0.05, 0.1) is 6.54 Å². The number of anilines is 1. The van der Waals surface area contributed by atoms with Crippen LogP contribution in [-0.2, 0) is 4.79 Å². The molecule has 98 valence electrons. The summed E-state index contributed by atoms with van der Waals surface area (Å²) in [5.41, 5.74) is 6.62. The number of benzene rings is 1. The fraction of sp³-hybridized carbons (Fsp3) is 0.333. The molecule has 0 aliphatic rings. The zero-order valence-electron chi connectivity index (χ0n) is 10.6. The second kappa shape index (κ2) is 5.77. The van der Waals surface area contributed by atoms with Gasteiger partial charge in [0, 0.05) is 32.4 Å². The number of likely N-dealkylation sites (N-methyl/N-ethyl adjacent to an activating group) is 2. The Kier molecular flexibility index (Phi) is 4.61. The largest absolute Gasteiger partial charge is 0.389 e. The van der Waals surface area contributed by atoms with E-state index in [2.05, 4.69) is 0 Å². The maximum Gasteiger partial charge on any atom is 0.241 e. The molecule has 18 heavy (non-hydrogen) atoms. The van der Waals surface area contributed by atoms with Crippen molar-refractivity contribution in [2.24, 2.45) is 5.73 Å². The first-order valence-corrected chi connectivity index (χ1v) is 5.74. The Hall–Kier alpha value is -1.69. The van der Waals surface area contributed by atoms with Crippen molar-refractivity contribution in [3.8, 4) is 0 Å². The van der Waals surface area contributed by atoms with E-state index in [0.717, 1.165) is 0 Å². The average molecular weight is 269 g/mol. The van der Waals surface area contributed by atoms with Gasteiger partial charge in [-0.3, -0.25) is 4.79 Å². The first-order chi connectivity index (χ1) is 8.32. The van der Waals surface area contributed by atoms with Gasteiger partial charge in [-0.25, -0.2) is 4.39 Å². The predicted octanol–water partition coefficient (Wildman–Crippen LogP) is 0.984. The highest BCUT2D eigenvalue weighted by Crippen LogP contribution is 2.20. The summed E-state index contributed by atoms with van der Waals surface area (Å²) in [5.74, 6) is -0.468. The van der Waals surface area contributed by atoms with Crippen molar-refractivity contribution in [3.05, 3.63) is 29.6 Å². The molecule has 0 saturated heterocycles. The molecule has 1 aromatic carbocycles. The maximum absolute atomic E-state index is 13.2. The summed E-state index contributed by atoms with van der Waals surface area (Å²) in [6.45, 7) is 0.175. The summed E-state index contributed by atoms with van der Waals surface area (Å²) < 4.78 is 13.2. The lowest BCUT2D eigenvalue weighted by atomic mass is 10.1. The van der Waals surface area contributed by atoms with E-state index < -0.39 is 5.82 Å². The van der Waals surface area contributed by atoms with Gasteiger partial charge in [-0.1, -0.05) is 12.2 Å². The highest BCUT2D eigenvalue weighted by atomic mass is 32.1. The normalized spacial score (nSPS) is 10.0. The van der Waals surface area contributed by atoms with Crippen LogP contribution in [0, 0.1) is 5.82 Å². The van der Waals surface area contributed by atoms with Gasteiger partial charge in [-0.05, 0) is 18.2 Å². The molecule has 0 heterocycles. The van der Waals surface area contributed by atoms with Gasteiger partial charge in [-0.2, -0.15) is 0 Å². The molecule has 0 saturated carbocycles. The SMILES string of the molecule is CN(C)C(=O)CN(C)c1ccc(F)cc1C(N)=S. The number of hydrogen-bond donors (Lipinski definition) is 1. The first kappa shape index (κ1) is 14.4. The van der Waals surface area contributed by atoms with Crippen molar-refractivity contribution < 1.29 is 9.18 Å². The Morgan fingerprint density at radius 1 is 1.39 bits per heavy atom. The molecule has 0 aromatic heterocycles. The summed E-state index contributed by atoms with van der Waals surface area (Å²) in [4.78, 5) is 14.9. The lowest BCUT2D eigenvalue weighted by molar-refractivity contribution is -0.127. The third-order valence-electron chi connectivity index (χ3n) is 2.51. The van der Waals surface area contributed by atoms with E-state index in [1.165, 1.54) is 17.0 Å². The lowest BCUT2D eigenvalue weighted by Crippen LogP contribution is -2.35. The minimum atomic E-state index is -0.408.